The van der Waals surface area contributed by atoms with Crippen molar-refractivity contribution in [3.05, 3.63) is 68.7 Å². The molecule has 1 aliphatic carbocycles. The van der Waals surface area contributed by atoms with Gasteiger partial charge in [-0.05, 0) is 61.7 Å². The maximum absolute atomic E-state index is 10.8. The quantitative estimate of drug-likeness (QED) is 0.757. The standard InChI is InChI=1S/C22H21Cl2NO2/c1-25(12-11-22(26)27)18-9-8-16-13-15(5-7-17(16)14-18)6-10-19-20(23)3-2-4-21(19)24/h2-5,7,13,18H,8-9,11-12,14H2,1H3,(H,26,27). The molecule has 140 valence electrons. The van der Waals surface area contributed by atoms with Crippen molar-refractivity contribution in [2.75, 3.05) is 13.6 Å². The van der Waals surface area contributed by atoms with Gasteiger partial charge in [-0.25, -0.2) is 0 Å². The molecule has 0 spiro atoms. The first-order valence-electron chi connectivity index (χ1n) is 8.94. The van der Waals surface area contributed by atoms with Gasteiger partial charge >= 0.3 is 5.97 Å². The number of carbonyl (C=O) groups is 1. The van der Waals surface area contributed by atoms with Gasteiger partial charge in [-0.1, -0.05) is 47.2 Å². The highest BCUT2D eigenvalue weighted by atomic mass is 35.5. The molecule has 2 aromatic carbocycles. The average molecular weight is 402 g/mol. The van der Waals surface area contributed by atoms with E-state index in [0.29, 0.717) is 28.2 Å². The minimum atomic E-state index is -0.750. The van der Waals surface area contributed by atoms with Gasteiger partial charge in [0.2, 0.25) is 0 Å². The van der Waals surface area contributed by atoms with Gasteiger partial charge in [-0.2, -0.15) is 0 Å². The first-order valence-corrected chi connectivity index (χ1v) is 9.69. The number of hydrogen-bond donors (Lipinski definition) is 1. The molecule has 0 aliphatic heterocycles. The number of rotatable bonds is 4. The molecule has 1 aliphatic rings. The molecule has 1 N–H and O–H groups in total. The first kappa shape index (κ1) is 19.8. The molecule has 0 radical (unpaired) electrons. The lowest BCUT2D eigenvalue weighted by Gasteiger charge is -2.32. The normalized spacial score (nSPS) is 15.8. The number of carboxylic acid groups (broad SMARTS) is 1. The largest absolute Gasteiger partial charge is 0.481 e. The van der Waals surface area contributed by atoms with Crippen LogP contribution in [0.25, 0.3) is 0 Å². The number of fused-ring (bicyclic) bond motifs is 1. The lowest BCUT2D eigenvalue weighted by molar-refractivity contribution is -0.137. The first-order chi connectivity index (χ1) is 12.9. The van der Waals surface area contributed by atoms with Crippen LogP contribution in [0.1, 0.15) is 35.1 Å². The fraction of sp³-hybridized carbons (Fsp3) is 0.318. The summed E-state index contributed by atoms with van der Waals surface area (Å²) in [5.41, 5.74) is 4.23. The number of halogens is 2. The molecule has 5 heteroatoms. The number of aliphatic carboxylic acids is 1. The second-order valence-corrected chi connectivity index (χ2v) is 7.67. The van der Waals surface area contributed by atoms with Crippen LogP contribution in [-0.2, 0) is 17.6 Å². The molecule has 27 heavy (non-hydrogen) atoms. The molecule has 0 fully saturated rings. The lowest BCUT2D eigenvalue weighted by atomic mass is 9.86. The molecule has 0 saturated heterocycles. The molecule has 3 rings (SSSR count). The van der Waals surface area contributed by atoms with E-state index < -0.39 is 5.97 Å². The van der Waals surface area contributed by atoms with Crippen LogP contribution in [0.3, 0.4) is 0 Å². The number of aryl methyl sites for hydroxylation is 1. The summed E-state index contributed by atoms with van der Waals surface area (Å²) in [6, 6.07) is 12.0. The fourth-order valence-corrected chi connectivity index (χ4v) is 3.89. The van der Waals surface area contributed by atoms with Gasteiger partial charge in [0.25, 0.3) is 0 Å². The van der Waals surface area contributed by atoms with E-state index in [1.807, 2.05) is 13.1 Å². The zero-order chi connectivity index (χ0) is 19.4. The summed E-state index contributed by atoms with van der Waals surface area (Å²) in [7, 11) is 2.01. The topological polar surface area (TPSA) is 40.5 Å². The molecule has 0 saturated carbocycles. The minimum absolute atomic E-state index is 0.180. The van der Waals surface area contributed by atoms with E-state index in [1.165, 1.54) is 11.1 Å². The highest BCUT2D eigenvalue weighted by Crippen LogP contribution is 2.26. The van der Waals surface area contributed by atoms with Crippen molar-refractivity contribution in [3.8, 4) is 11.8 Å². The second kappa shape index (κ2) is 8.80. The molecule has 0 aromatic heterocycles. The Bertz CT molecular complexity index is 894. The predicted octanol–water partition coefficient (Wildman–Crippen LogP) is 4.66. The minimum Gasteiger partial charge on any atom is -0.481 e. The zero-order valence-corrected chi connectivity index (χ0v) is 16.6. The Hall–Kier alpha value is -1.99. The molecular formula is C22H21Cl2NO2. The predicted molar refractivity (Wildman–Crippen MR) is 110 cm³/mol. The van der Waals surface area contributed by atoms with Crippen LogP contribution in [0.2, 0.25) is 10.0 Å². The van der Waals surface area contributed by atoms with E-state index in [9.17, 15) is 4.79 Å². The van der Waals surface area contributed by atoms with Crippen molar-refractivity contribution in [3.63, 3.8) is 0 Å². The number of nitrogens with zero attached hydrogens (tertiary/aromatic N) is 1. The van der Waals surface area contributed by atoms with Gasteiger partial charge in [0.05, 0.1) is 22.0 Å². The average Bonchev–Trinajstić information content (AvgIpc) is 2.65. The maximum Gasteiger partial charge on any atom is 0.304 e. The summed E-state index contributed by atoms with van der Waals surface area (Å²) in [5, 5.41) is 9.97. The van der Waals surface area contributed by atoms with Crippen molar-refractivity contribution in [1.82, 2.24) is 4.90 Å². The number of carboxylic acids is 1. The summed E-state index contributed by atoms with van der Waals surface area (Å²) in [6.45, 7) is 0.581. The number of hydrogen-bond acceptors (Lipinski definition) is 2. The van der Waals surface area contributed by atoms with Gasteiger partial charge in [-0.3, -0.25) is 4.79 Å². The Morgan fingerprint density at radius 1 is 1.19 bits per heavy atom. The highest BCUT2D eigenvalue weighted by Gasteiger charge is 2.22. The van der Waals surface area contributed by atoms with Crippen molar-refractivity contribution in [1.29, 1.82) is 0 Å². The highest BCUT2D eigenvalue weighted by molar-refractivity contribution is 6.36. The molecule has 0 heterocycles. The second-order valence-electron chi connectivity index (χ2n) is 6.85. The fourth-order valence-electron chi connectivity index (χ4n) is 3.40. The lowest BCUT2D eigenvalue weighted by Crippen LogP contribution is -2.37. The molecule has 2 aromatic rings. The summed E-state index contributed by atoms with van der Waals surface area (Å²) in [4.78, 5) is 12.9. The van der Waals surface area contributed by atoms with Crippen LogP contribution < -0.4 is 0 Å². The van der Waals surface area contributed by atoms with Gasteiger partial charge in [-0.15, -0.1) is 0 Å². The zero-order valence-electron chi connectivity index (χ0n) is 15.1. The third-order valence-electron chi connectivity index (χ3n) is 5.01. The molecular weight excluding hydrogens is 381 g/mol. The monoisotopic (exact) mass is 401 g/mol. The van der Waals surface area contributed by atoms with Crippen molar-refractivity contribution < 1.29 is 9.90 Å². The van der Waals surface area contributed by atoms with E-state index in [2.05, 4.69) is 28.9 Å². The SMILES string of the molecule is CN(CCC(=O)O)C1CCc2cc(C#Cc3c(Cl)cccc3Cl)ccc2C1. The molecule has 1 atom stereocenters. The van der Waals surface area contributed by atoms with E-state index in [0.717, 1.165) is 24.8 Å². The summed E-state index contributed by atoms with van der Waals surface area (Å²) < 4.78 is 0. The Morgan fingerprint density at radius 2 is 1.93 bits per heavy atom. The van der Waals surface area contributed by atoms with Crippen LogP contribution in [0.4, 0.5) is 0 Å². The molecule has 3 nitrogen and oxygen atoms in total. The van der Waals surface area contributed by atoms with Crippen LogP contribution in [-0.4, -0.2) is 35.6 Å². The summed E-state index contributed by atoms with van der Waals surface area (Å²) >= 11 is 12.3. The smallest absolute Gasteiger partial charge is 0.304 e. The Kier molecular flexibility index (Phi) is 6.44. The van der Waals surface area contributed by atoms with E-state index in [4.69, 9.17) is 28.3 Å². The Labute approximate surface area is 169 Å². The summed E-state index contributed by atoms with van der Waals surface area (Å²) in [6.07, 6.45) is 3.12. The molecule has 0 amide bonds. The Morgan fingerprint density at radius 3 is 2.63 bits per heavy atom. The number of benzene rings is 2. The maximum atomic E-state index is 10.8. The van der Waals surface area contributed by atoms with Gasteiger partial charge in [0.15, 0.2) is 0 Å². The van der Waals surface area contributed by atoms with E-state index >= 15 is 0 Å². The van der Waals surface area contributed by atoms with Crippen molar-refractivity contribution >= 4 is 29.2 Å². The third-order valence-corrected chi connectivity index (χ3v) is 5.63. The molecule has 0 bridgehead atoms. The van der Waals surface area contributed by atoms with Crippen LogP contribution >= 0.6 is 23.2 Å². The van der Waals surface area contributed by atoms with Gasteiger partial charge in [0.1, 0.15) is 0 Å². The number of likely N-dealkylation sites (N-methyl/N-ethyl adjacent to an activating group) is 1. The van der Waals surface area contributed by atoms with Crippen LogP contribution in [0.5, 0.6) is 0 Å². The van der Waals surface area contributed by atoms with Crippen LogP contribution in [0.15, 0.2) is 36.4 Å². The van der Waals surface area contributed by atoms with Gasteiger partial charge < -0.3 is 10.0 Å². The van der Waals surface area contributed by atoms with E-state index in [-0.39, 0.29) is 6.42 Å². The molecule has 1 unspecified atom stereocenters. The van der Waals surface area contributed by atoms with Crippen molar-refractivity contribution in [2.45, 2.75) is 31.7 Å². The van der Waals surface area contributed by atoms with Gasteiger partial charge in [0, 0.05) is 18.2 Å². The van der Waals surface area contributed by atoms with Crippen molar-refractivity contribution in [2.24, 2.45) is 0 Å². The summed E-state index contributed by atoms with van der Waals surface area (Å²) in [5.74, 6) is 5.50. The third kappa shape index (κ3) is 5.05. The van der Waals surface area contributed by atoms with E-state index in [1.54, 1.807) is 18.2 Å². The van der Waals surface area contributed by atoms with Crippen LogP contribution in [0, 0.1) is 11.8 Å². The Balaban J connectivity index is 1.73.